The molecule has 0 bridgehead atoms. The van der Waals surface area contributed by atoms with Crippen LogP contribution in [0.15, 0.2) is 18.2 Å². The van der Waals surface area contributed by atoms with Gasteiger partial charge >= 0.3 is 0 Å². The summed E-state index contributed by atoms with van der Waals surface area (Å²) in [6.07, 6.45) is 3.76. The van der Waals surface area contributed by atoms with Crippen molar-refractivity contribution in [2.24, 2.45) is 5.92 Å². The molecular weight excluding hydrogens is 248 g/mol. The molecule has 1 aromatic heterocycles. The Hall–Kier alpha value is -1.77. The van der Waals surface area contributed by atoms with Crippen molar-refractivity contribution in [2.75, 3.05) is 0 Å². The summed E-state index contributed by atoms with van der Waals surface area (Å²) in [6, 6.07) is 6.15. The van der Waals surface area contributed by atoms with Crippen molar-refractivity contribution >= 4 is 16.8 Å². The van der Waals surface area contributed by atoms with Gasteiger partial charge in [0.2, 0.25) is 0 Å². The van der Waals surface area contributed by atoms with Gasteiger partial charge in [0.05, 0.1) is 0 Å². The van der Waals surface area contributed by atoms with Crippen molar-refractivity contribution in [3.63, 3.8) is 0 Å². The second-order valence-corrected chi connectivity index (χ2v) is 6.19. The third-order valence-corrected chi connectivity index (χ3v) is 4.33. The van der Waals surface area contributed by atoms with Crippen molar-refractivity contribution in [1.82, 2.24) is 10.3 Å². The van der Waals surface area contributed by atoms with E-state index >= 15 is 0 Å². The number of benzene rings is 1. The number of nitrogens with one attached hydrogen (secondary N) is 2. The normalized spacial score (nSPS) is 16.4. The van der Waals surface area contributed by atoms with Crippen LogP contribution in [0.1, 0.15) is 47.8 Å². The first-order valence-electron chi connectivity index (χ1n) is 7.44. The van der Waals surface area contributed by atoms with Crippen molar-refractivity contribution in [3.8, 4) is 0 Å². The monoisotopic (exact) mass is 270 g/mol. The Morgan fingerprint density at radius 2 is 2.15 bits per heavy atom. The molecule has 1 atom stereocenters. The predicted molar refractivity (Wildman–Crippen MR) is 82.0 cm³/mol. The van der Waals surface area contributed by atoms with E-state index in [-0.39, 0.29) is 11.9 Å². The lowest BCUT2D eigenvalue weighted by Crippen LogP contribution is -2.32. The van der Waals surface area contributed by atoms with E-state index in [0.717, 1.165) is 28.8 Å². The predicted octanol–water partition coefficient (Wildman–Crippen LogP) is 3.70. The number of carbonyl (C=O) groups is 1. The summed E-state index contributed by atoms with van der Waals surface area (Å²) in [4.78, 5) is 15.6. The zero-order chi connectivity index (χ0) is 14.3. The third kappa shape index (κ3) is 2.58. The third-order valence-electron chi connectivity index (χ3n) is 4.33. The van der Waals surface area contributed by atoms with Crippen molar-refractivity contribution in [3.05, 3.63) is 35.0 Å². The SMILES string of the molecule is Cc1[nH]c2ccc(C(=O)NC(C)CC3CC3)cc2c1C. The molecule has 20 heavy (non-hydrogen) atoms. The number of rotatable bonds is 4. The van der Waals surface area contributed by atoms with Crippen LogP contribution in [0.3, 0.4) is 0 Å². The zero-order valence-corrected chi connectivity index (χ0v) is 12.4. The molecule has 1 fully saturated rings. The number of H-pyrrole nitrogens is 1. The molecule has 2 N–H and O–H groups in total. The Labute approximate surface area is 119 Å². The maximum absolute atomic E-state index is 12.3. The molecule has 0 radical (unpaired) electrons. The molecule has 3 heteroatoms. The average Bonchev–Trinajstić information content (AvgIpc) is 3.16. The summed E-state index contributed by atoms with van der Waals surface area (Å²) in [6.45, 7) is 6.25. The topological polar surface area (TPSA) is 44.9 Å². The number of aryl methyl sites for hydroxylation is 2. The van der Waals surface area contributed by atoms with Gasteiger partial charge in [0.1, 0.15) is 0 Å². The van der Waals surface area contributed by atoms with Gasteiger partial charge in [0.25, 0.3) is 5.91 Å². The van der Waals surface area contributed by atoms with Gasteiger partial charge in [-0.15, -0.1) is 0 Å². The number of hydrogen-bond donors (Lipinski definition) is 2. The Morgan fingerprint density at radius 1 is 1.40 bits per heavy atom. The first kappa shape index (κ1) is 13.2. The number of amides is 1. The van der Waals surface area contributed by atoms with Gasteiger partial charge in [-0.25, -0.2) is 0 Å². The lowest BCUT2D eigenvalue weighted by Gasteiger charge is -2.13. The number of carbonyl (C=O) groups excluding carboxylic acids is 1. The highest BCUT2D eigenvalue weighted by Crippen LogP contribution is 2.33. The van der Waals surface area contributed by atoms with Crippen LogP contribution in [0.5, 0.6) is 0 Å². The molecule has 0 spiro atoms. The molecule has 1 saturated carbocycles. The maximum Gasteiger partial charge on any atom is 0.251 e. The summed E-state index contributed by atoms with van der Waals surface area (Å²) in [5.41, 5.74) is 4.24. The molecular formula is C17H22N2O. The number of aromatic amines is 1. The minimum Gasteiger partial charge on any atom is -0.358 e. The average molecular weight is 270 g/mol. The lowest BCUT2D eigenvalue weighted by molar-refractivity contribution is 0.0937. The van der Waals surface area contributed by atoms with E-state index in [0.29, 0.717) is 0 Å². The van der Waals surface area contributed by atoms with E-state index in [1.807, 2.05) is 18.2 Å². The summed E-state index contributed by atoms with van der Waals surface area (Å²) in [7, 11) is 0. The van der Waals surface area contributed by atoms with Gasteiger partial charge in [-0.1, -0.05) is 12.8 Å². The molecule has 1 aromatic carbocycles. The van der Waals surface area contributed by atoms with E-state index in [9.17, 15) is 4.79 Å². The largest absolute Gasteiger partial charge is 0.358 e. The van der Waals surface area contributed by atoms with Crippen LogP contribution in [0.4, 0.5) is 0 Å². The highest BCUT2D eigenvalue weighted by Gasteiger charge is 2.24. The molecule has 1 aliphatic carbocycles. The molecule has 3 rings (SSSR count). The Kier molecular flexibility index (Phi) is 3.28. The van der Waals surface area contributed by atoms with Gasteiger partial charge in [-0.05, 0) is 56.9 Å². The zero-order valence-electron chi connectivity index (χ0n) is 12.4. The summed E-state index contributed by atoms with van der Waals surface area (Å²) in [5, 5.41) is 4.25. The van der Waals surface area contributed by atoms with Gasteiger partial charge in [-0.2, -0.15) is 0 Å². The number of fused-ring (bicyclic) bond motifs is 1. The molecule has 1 aliphatic rings. The minimum absolute atomic E-state index is 0.0401. The summed E-state index contributed by atoms with van der Waals surface area (Å²) >= 11 is 0. The van der Waals surface area contributed by atoms with E-state index < -0.39 is 0 Å². The maximum atomic E-state index is 12.3. The van der Waals surface area contributed by atoms with Gasteiger partial charge in [-0.3, -0.25) is 4.79 Å². The second-order valence-electron chi connectivity index (χ2n) is 6.19. The minimum atomic E-state index is 0.0401. The quantitative estimate of drug-likeness (QED) is 0.874. The summed E-state index contributed by atoms with van der Waals surface area (Å²) in [5.74, 6) is 0.876. The lowest BCUT2D eigenvalue weighted by atomic mass is 10.1. The Morgan fingerprint density at radius 3 is 2.85 bits per heavy atom. The standard InChI is InChI=1S/C17H22N2O/c1-10(8-13-4-5-13)18-17(20)14-6-7-16-15(9-14)11(2)12(3)19-16/h6-7,9-10,13,19H,4-5,8H2,1-3H3,(H,18,20). The molecule has 1 heterocycles. The van der Waals surface area contributed by atoms with Crippen LogP contribution in [0.2, 0.25) is 0 Å². The summed E-state index contributed by atoms with van der Waals surface area (Å²) < 4.78 is 0. The highest BCUT2D eigenvalue weighted by molar-refractivity contribution is 5.99. The Balaban J connectivity index is 1.78. The van der Waals surface area contributed by atoms with Crippen LogP contribution in [-0.2, 0) is 0 Å². The van der Waals surface area contributed by atoms with Crippen LogP contribution in [-0.4, -0.2) is 16.9 Å². The van der Waals surface area contributed by atoms with Gasteiger partial charge in [0, 0.05) is 28.2 Å². The molecule has 0 aliphatic heterocycles. The van der Waals surface area contributed by atoms with E-state index in [1.165, 1.54) is 24.1 Å². The van der Waals surface area contributed by atoms with E-state index in [4.69, 9.17) is 0 Å². The van der Waals surface area contributed by atoms with Gasteiger partial charge < -0.3 is 10.3 Å². The second kappa shape index (κ2) is 4.97. The first-order chi connectivity index (χ1) is 9.54. The van der Waals surface area contributed by atoms with Crippen LogP contribution >= 0.6 is 0 Å². The molecule has 2 aromatic rings. The van der Waals surface area contributed by atoms with Crippen molar-refractivity contribution < 1.29 is 4.79 Å². The molecule has 3 nitrogen and oxygen atoms in total. The van der Waals surface area contributed by atoms with Crippen molar-refractivity contribution in [1.29, 1.82) is 0 Å². The molecule has 1 amide bonds. The van der Waals surface area contributed by atoms with Crippen LogP contribution < -0.4 is 5.32 Å². The van der Waals surface area contributed by atoms with Crippen LogP contribution in [0.25, 0.3) is 10.9 Å². The smallest absolute Gasteiger partial charge is 0.251 e. The van der Waals surface area contributed by atoms with E-state index in [1.54, 1.807) is 0 Å². The number of aromatic nitrogens is 1. The first-order valence-corrected chi connectivity index (χ1v) is 7.44. The fraction of sp³-hybridized carbons (Fsp3) is 0.471. The molecule has 0 saturated heterocycles. The fourth-order valence-electron chi connectivity index (χ4n) is 2.82. The highest BCUT2D eigenvalue weighted by atomic mass is 16.1. The number of hydrogen-bond acceptors (Lipinski definition) is 1. The Bertz CT molecular complexity index is 652. The van der Waals surface area contributed by atoms with Gasteiger partial charge in [0.15, 0.2) is 0 Å². The molecule has 1 unspecified atom stereocenters. The van der Waals surface area contributed by atoms with E-state index in [2.05, 4.69) is 31.1 Å². The van der Waals surface area contributed by atoms with Crippen molar-refractivity contribution in [2.45, 2.75) is 46.1 Å². The fourth-order valence-corrected chi connectivity index (χ4v) is 2.82. The van der Waals surface area contributed by atoms with Crippen LogP contribution in [0, 0.1) is 19.8 Å². The molecule has 106 valence electrons.